The molecule has 2 rings (SSSR count). The zero-order valence-electron chi connectivity index (χ0n) is 13.7. The second-order valence-electron chi connectivity index (χ2n) is 7.23. The van der Waals surface area contributed by atoms with Gasteiger partial charge in [-0.05, 0) is 64.0 Å². The van der Waals surface area contributed by atoms with Crippen LogP contribution in [0.1, 0.15) is 52.4 Å². The second-order valence-corrected chi connectivity index (χ2v) is 7.23. The van der Waals surface area contributed by atoms with Crippen LogP contribution in [-0.4, -0.2) is 50.3 Å². The van der Waals surface area contributed by atoms with Crippen molar-refractivity contribution in [3.8, 4) is 0 Å². The lowest BCUT2D eigenvalue weighted by Crippen LogP contribution is -2.40. The van der Waals surface area contributed by atoms with Crippen molar-refractivity contribution in [1.29, 1.82) is 0 Å². The van der Waals surface area contributed by atoms with Gasteiger partial charge in [-0.1, -0.05) is 13.8 Å². The molecule has 0 aromatic rings. The minimum absolute atomic E-state index is 0.532. The predicted octanol–water partition coefficient (Wildman–Crippen LogP) is 2.90. The van der Waals surface area contributed by atoms with Crippen LogP contribution in [0.15, 0.2) is 0 Å². The van der Waals surface area contributed by atoms with Crippen LogP contribution in [0.25, 0.3) is 0 Å². The van der Waals surface area contributed by atoms with Crippen LogP contribution in [-0.2, 0) is 4.74 Å². The number of ether oxygens (including phenoxy) is 1. The van der Waals surface area contributed by atoms with E-state index < -0.39 is 0 Å². The minimum atomic E-state index is 0.532. The van der Waals surface area contributed by atoms with E-state index in [1.165, 1.54) is 64.7 Å². The maximum Gasteiger partial charge on any atom is 0.0603 e. The highest BCUT2D eigenvalue weighted by Crippen LogP contribution is 2.28. The van der Waals surface area contributed by atoms with Gasteiger partial charge in [0.2, 0.25) is 0 Å². The smallest absolute Gasteiger partial charge is 0.0603 e. The molecule has 0 atom stereocenters. The molecule has 2 aliphatic rings. The first kappa shape index (κ1) is 16.3. The number of nitrogens with zero attached hydrogens (tertiary/aromatic N) is 1. The Morgan fingerprint density at radius 3 is 2.15 bits per heavy atom. The third-order valence-electron chi connectivity index (χ3n) is 4.83. The van der Waals surface area contributed by atoms with Gasteiger partial charge >= 0.3 is 0 Å². The molecule has 1 aliphatic heterocycles. The Balaban J connectivity index is 1.61. The summed E-state index contributed by atoms with van der Waals surface area (Å²) in [5, 5.41) is 3.31. The Morgan fingerprint density at radius 2 is 1.60 bits per heavy atom. The van der Waals surface area contributed by atoms with Crippen molar-refractivity contribution < 1.29 is 4.74 Å². The van der Waals surface area contributed by atoms with Crippen LogP contribution in [0, 0.1) is 11.8 Å². The van der Waals surface area contributed by atoms with E-state index in [2.05, 4.69) is 31.1 Å². The molecule has 0 spiro atoms. The highest BCUT2D eigenvalue weighted by atomic mass is 16.5. The van der Waals surface area contributed by atoms with Gasteiger partial charge in [-0.25, -0.2) is 0 Å². The molecule has 1 saturated heterocycles. The molecule has 1 aliphatic carbocycles. The first-order chi connectivity index (χ1) is 9.67. The average Bonchev–Trinajstić information content (AvgIpc) is 2.43. The van der Waals surface area contributed by atoms with E-state index in [0.29, 0.717) is 12.2 Å². The molecule has 1 N–H and O–H groups in total. The molecule has 2 fully saturated rings. The van der Waals surface area contributed by atoms with Gasteiger partial charge < -0.3 is 15.0 Å². The van der Waals surface area contributed by atoms with Gasteiger partial charge in [0, 0.05) is 19.6 Å². The second kappa shape index (κ2) is 8.35. The molecule has 0 aromatic heterocycles. The zero-order chi connectivity index (χ0) is 14.4. The standard InChI is InChI=1S/C17H34N2O/c1-14(2)13-19-10-8-17(9-11-19)20-16-6-4-15(5-7-16)12-18-3/h14-18H,4-13H2,1-3H3/t15-,16-. The number of rotatable bonds is 6. The summed E-state index contributed by atoms with van der Waals surface area (Å²) in [6, 6.07) is 0. The van der Waals surface area contributed by atoms with E-state index in [9.17, 15) is 0 Å². The highest BCUT2D eigenvalue weighted by molar-refractivity contribution is 4.78. The largest absolute Gasteiger partial charge is 0.375 e. The van der Waals surface area contributed by atoms with E-state index in [0.717, 1.165) is 11.8 Å². The Morgan fingerprint density at radius 1 is 1.00 bits per heavy atom. The molecular weight excluding hydrogens is 248 g/mol. The lowest BCUT2D eigenvalue weighted by atomic mass is 9.87. The summed E-state index contributed by atoms with van der Waals surface area (Å²) in [6.45, 7) is 9.52. The van der Waals surface area contributed by atoms with E-state index in [1.54, 1.807) is 0 Å². The minimum Gasteiger partial charge on any atom is -0.375 e. The fraction of sp³-hybridized carbons (Fsp3) is 1.00. The molecular formula is C17H34N2O. The number of likely N-dealkylation sites (tertiary alicyclic amines) is 1. The molecule has 20 heavy (non-hydrogen) atoms. The topological polar surface area (TPSA) is 24.5 Å². The number of hydrogen-bond donors (Lipinski definition) is 1. The average molecular weight is 282 g/mol. The van der Waals surface area contributed by atoms with Crippen molar-refractivity contribution in [2.24, 2.45) is 11.8 Å². The lowest BCUT2D eigenvalue weighted by molar-refractivity contribution is -0.0614. The molecule has 0 bridgehead atoms. The Kier molecular flexibility index (Phi) is 6.79. The Labute approximate surface area is 125 Å². The van der Waals surface area contributed by atoms with Crippen LogP contribution >= 0.6 is 0 Å². The summed E-state index contributed by atoms with van der Waals surface area (Å²) < 4.78 is 6.36. The Bertz CT molecular complexity index is 254. The summed E-state index contributed by atoms with van der Waals surface area (Å²) in [7, 11) is 2.06. The maximum absolute atomic E-state index is 6.36. The van der Waals surface area contributed by atoms with Crippen LogP contribution in [0.4, 0.5) is 0 Å². The quantitative estimate of drug-likeness (QED) is 0.811. The van der Waals surface area contributed by atoms with Crippen molar-refractivity contribution in [1.82, 2.24) is 10.2 Å². The van der Waals surface area contributed by atoms with Gasteiger partial charge in [-0.2, -0.15) is 0 Å². The molecule has 0 aromatic carbocycles. The first-order valence-corrected chi connectivity index (χ1v) is 8.69. The normalized spacial score (nSPS) is 30.0. The monoisotopic (exact) mass is 282 g/mol. The zero-order valence-corrected chi connectivity index (χ0v) is 13.7. The van der Waals surface area contributed by atoms with Crippen molar-refractivity contribution in [3.05, 3.63) is 0 Å². The summed E-state index contributed by atoms with van der Waals surface area (Å²) >= 11 is 0. The first-order valence-electron chi connectivity index (χ1n) is 8.69. The fourth-order valence-corrected chi connectivity index (χ4v) is 3.78. The highest BCUT2D eigenvalue weighted by Gasteiger charge is 2.26. The van der Waals surface area contributed by atoms with Crippen molar-refractivity contribution in [3.63, 3.8) is 0 Å². The lowest BCUT2D eigenvalue weighted by Gasteiger charge is -2.36. The molecule has 0 radical (unpaired) electrons. The van der Waals surface area contributed by atoms with Crippen molar-refractivity contribution >= 4 is 0 Å². The summed E-state index contributed by atoms with van der Waals surface area (Å²) in [5.74, 6) is 1.67. The van der Waals surface area contributed by atoms with Gasteiger partial charge in [-0.3, -0.25) is 0 Å². The number of nitrogens with one attached hydrogen (secondary N) is 1. The van der Waals surface area contributed by atoms with E-state index in [4.69, 9.17) is 4.74 Å². The molecule has 1 heterocycles. The molecule has 1 saturated carbocycles. The summed E-state index contributed by atoms with van der Waals surface area (Å²) in [4.78, 5) is 2.61. The summed E-state index contributed by atoms with van der Waals surface area (Å²) in [6.07, 6.45) is 8.80. The molecule has 3 heteroatoms. The molecule has 118 valence electrons. The van der Waals surface area contributed by atoms with E-state index in [1.807, 2.05) is 0 Å². The predicted molar refractivity (Wildman–Crippen MR) is 85.1 cm³/mol. The molecule has 0 amide bonds. The van der Waals surface area contributed by atoms with Crippen LogP contribution in [0.3, 0.4) is 0 Å². The van der Waals surface area contributed by atoms with Gasteiger partial charge in [0.25, 0.3) is 0 Å². The fourth-order valence-electron chi connectivity index (χ4n) is 3.78. The maximum atomic E-state index is 6.36. The number of hydrogen-bond acceptors (Lipinski definition) is 3. The van der Waals surface area contributed by atoms with E-state index in [-0.39, 0.29) is 0 Å². The molecule has 3 nitrogen and oxygen atoms in total. The van der Waals surface area contributed by atoms with Gasteiger partial charge in [0.1, 0.15) is 0 Å². The molecule has 0 unspecified atom stereocenters. The third-order valence-corrected chi connectivity index (χ3v) is 4.83. The summed E-state index contributed by atoms with van der Waals surface area (Å²) in [5.41, 5.74) is 0. The van der Waals surface area contributed by atoms with Gasteiger partial charge in [0.15, 0.2) is 0 Å². The van der Waals surface area contributed by atoms with Crippen molar-refractivity contribution in [2.75, 3.05) is 33.2 Å². The van der Waals surface area contributed by atoms with E-state index >= 15 is 0 Å². The number of piperidine rings is 1. The van der Waals surface area contributed by atoms with Crippen LogP contribution in [0.5, 0.6) is 0 Å². The Hall–Kier alpha value is -0.120. The van der Waals surface area contributed by atoms with Gasteiger partial charge in [0.05, 0.1) is 12.2 Å². The van der Waals surface area contributed by atoms with Crippen LogP contribution in [0.2, 0.25) is 0 Å². The third kappa shape index (κ3) is 5.34. The SMILES string of the molecule is CNC[C@H]1CC[C@H](OC2CCN(CC(C)C)CC2)CC1. The van der Waals surface area contributed by atoms with Crippen LogP contribution < -0.4 is 5.32 Å². The van der Waals surface area contributed by atoms with Gasteiger partial charge in [-0.15, -0.1) is 0 Å². The van der Waals surface area contributed by atoms with Crippen molar-refractivity contribution in [2.45, 2.75) is 64.6 Å².